The monoisotopic (exact) mass is 359 g/mol. The lowest BCUT2D eigenvalue weighted by Crippen LogP contribution is -2.23. The molecule has 0 radical (unpaired) electrons. The number of nitrogen functional groups attached to an aromatic ring is 2. The first-order chi connectivity index (χ1) is 13.0. The smallest absolute Gasteiger partial charge is 0.196 e. The SMILES string of the molecule is COc1cc(N)ccc1Nc1ccc(N)c2c1C(=O)c1ccccc1C2=O. The number of carbonyl (C=O) groups is 2. The van der Waals surface area contributed by atoms with Crippen LogP contribution in [0.15, 0.2) is 54.6 Å². The van der Waals surface area contributed by atoms with Crippen LogP contribution in [-0.4, -0.2) is 18.7 Å². The van der Waals surface area contributed by atoms with Gasteiger partial charge in [-0.1, -0.05) is 24.3 Å². The van der Waals surface area contributed by atoms with Gasteiger partial charge in [0.05, 0.1) is 29.6 Å². The topological polar surface area (TPSA) is 107 Å². The van der Waals surface area contributed by atoms with E-state index in [4.69, 9.17) is 16.2 Å². The third-order valence-corrected chi connectivity index (χ3v) is 4.60. The molecule has 3 aromatic rings. The summed E-state index contributed by atoms with van der Waals surface area (Å²) < 4.78 is 5.35. The highest BCUT2D eigenvalue weighted by Gasteiger charge is 2.33. The van der Waals surface area contributed by atoms with Crippen LogP contribution < -0.4 is 21.5 Å². The van der Waals surface area contributed by atoms with Crippen LogP contribution in [0, 0.1) is 0 Å². The number of hydrogen-bond acceptors (Lipinski definition) is 6. The largest absolute Gasteiger partial charge is 0.494 e. The first kappa shape index (κ1) is 16.7. The van der Waals surface area contributed by atoms with Crippen molar-refractivity contribution in [3.8, 4) is 5.75 Å². The summed E-state index contributed by atoms with van der Waals surface area (Å²) in [4.78, 5) is 26.1. The molecule has 0 saturated carbocycles. The van der Waals surface area contributed by atoms with Gasteiger partial charge < -0.3 is 21.5 Å². The van der Waals surface area contributed by atoms with E-state index in [1.54, 1.807) is 54.6 Å². The molecule has 0 amide bonds. The Labute approximate surface area is 155 Å². The molecule has 6 nitrogen and oxygen atoms in total. The Morgan fingerprint density at radius 2 is 1.44 bits per heavy atom. The summed E-state index contributed by atoms with van der Waals surface area (Å²) in [5.74, 6) is 0.0191. The number of methoxy groups -OCH3 is 1. The second-order valence-corrected chi connectivity index (χ2v) is 6.24. The Morgan fingerprint density at radius 1 is 0.815 bits per heavy atom. The average molecular weight is 359 g/mol. The Hall–Kier alpha value is -3.80. The van der Waals surface area contributed by atoms with Crippen LogP contribution in [0.2, 0.25) is 0 Å². The van der Waals surface area contributed by atoms with Gasteiger partial charge in [-0.25, -0.2) is 0 Å². The lowest BCUT2D eigenvalue weighted by Gasteiger charge is -2.22. The molecule has 6 heteroatoms. The minimum Gasteiger partial charge on any atom is -0.494 e. The van der Waals surface area contributed by atoms with Crippen LogP contribution in [0.3, 0.4) is 0 Å². The molecule has 0 aliphatic heterocycles. The summed E-state index contributed by atoms with van der Waals surface area (Å²) in [6.45, 7) is 0. The highest BCUT2D eigenvalue weighted by atomic mass is 16.5. The zero-order valence-electron chi connectivity index (χ0n) is 14.6. The number of fused-ring (bicyclic) bond motifs is 2. The van der Waals surface area contributed by atoms with Crippen molar-refractivity contribution in [2.75, 3.05) is 23.9 Å². The van der Waals surface area contributed by atoms with E-state index in [-0.39, 0.29) is 28.4 Å². The molecule has 5 N–H and O–H groups in total. The number of nitrogens with one attached hydrogen (secondary N) is 1. The molecule has 0 saturated heterocycles. The molecule has 0 atom stereocenters. The van der Waals surface area contributed by atoms with Crippen LogP contribution in [0.5, 0.6) is 5.75 Å². The summed E-state index contributed by atoms with van der Waals surface area (Å²) in [5, 5.41) is 3.18. The Bertz CT molecular complexity index is 1110. The molecular weight excluding hydrogens is 342 g/mol. The van der Waals surface area contributed by atoms with E-state index < -0.39 is 0 Å². The maximum Gasteiger partial charge on any atom is 0.196 e. The highest BCUT2D eigenvalue weighted by Crippen LogP contribution is 2.38. The number of rotatable bonds is 3. The minimum atomic E-state index is -0.259. The molecule has 1 aliphatic carbocycles. The van der Waals surface area contributed by atoms with Crippen LogP contribution in [0.25, 0.3) is 0 Å². The molecule has 27 heavy (non-hydrogen) atoms. The van der Waals surface area contributed by atoms with E-state index in [9.17, 15) is 9.59 Å². The van der Waals surface area contributed by atoms with Crippen LogP contribution in [0.4, 0.5) is 22.7 Å². The van der Waals surface area contributed by atoms with Crippen molar-refractivity contribution in [1.29, 1.82) is 0 Å². The van der Waals surface area contributed by atoms with E-state index in [0.717, 1.165) is 0 Å². The van der Waals surface area contributed by atoms with Gasteiger partial charge in [0.15, 0.2) is 11.6 Å². The number of nitrogens with two attached hydrogens (primary N) is 2. The summed E-state index contributed by atoms with van der Waals surface area (Å²) in [6, 6.07) is 15.2. The maximum atomic E-state index is 13.1. The van der Waals surface area contributed by atoms with Crippen molar-refractivity contribution >= 4 is 34.3 Å². The van der Waals surface area contributed by atoms with Gasteiger partial charge in [0.2, 0.25) is 0 Å². The summed E-state index contributed by atoms with van der Waals surface area (Å²) in [6.07, 6.45) is 0. The summed E-state index contributed by atoms with van der Waals surface area (Å²) in [7, 11) is 1.53. The van der Waals surface area contributed by atoms with Gasteiger partial charge >= 0.3 is 0 Å². The van der Waals surface area contributed by atoms with Crippen molar-refractivity contribution in [2.45, 2.75) is 0 Å². The molecular formula is C21H17N3O3. The van der Waals surface area contributed by atoms with E-state index >= 15 is 0 Å². The standard InChI is InChI=1S/C21H17N3O3/c1-27-17-10-11(22)6-8-15(17)24-16-9-7-14(23)18-19(16)21(26)13-5-3-2-4-12(13)20(18)25/h2-10,24H,22-23H2,1H3. The van der Waals surface area contributed by atoms with E-state index in [1.807, 2.05) is 0 Å². The van der Waals surface area contributed by atoms with E-state index in [1.165, 1.54) is 7.11 Å². The number of hydrogen-bond donors (Lipinski definition) is 3. The molecule has 0 heterocycles. The first-order valence-electron chi connectivity index (χ1n) is 8.32. The normalized spacial score (nSPS) is 12.3. The maximum absolute atomic E-state index is 13.1. The zero-order chi connectivity index (χ0) is 19.1. The number of benzene rings is 3. The molecule has 0 fully saturated rings. The molecule has 0 unspecified atom stereocenters. The first-order valence-corrected chi connectivity index (χ1v) is 8.32. The number of anilines is 4. The zero-order valence-corrected chi connectivity index (χ0v) is 14.6. The lowest BCUT2D eigenvalue weighted by molar-refractivity contribution is 0.0980. The van der Waals surface area contributed by atoms with Gasteiger partial charge in [0.25, 0.3) is 0 Å². The molecule has 4 rings (SSSR count). The summed E-state index contributed by atoms with van der Waals surface area (Å²) >= 11 is 0. The molecule has 1 aliphatic rings. The highest BCUT2D eigenvalue weighted by molar-refractivity contribution is 6.31. The Morgan fingerprint density at radius 3 is 2.11 bits per heavy atom. The van der Waals surface area contributed by atoms with Crippen molar-refractivity contribution < 1.29 is 14.3 Å². The minimum absolute atomic E-state index is 0.220. The van der Waals surface area contributed by atoms with Crippen molar-refractivity contribution in [2.24, 2.45) is 0 Å². The molecule has 0 aromatic heterocycles. The fourth-order valence-corrected chi connectivity index (χ4v) is 3.31. The molecule has 3 aromatic carbocycles. The van der Waals surface area contributed by atoms with Crippen LogP contribution in [0.1, 0.15) is 31.8 Å². The third-order valence-electron chi connectivity index (χ3n) is 4.60. The fourth-order valence-electron chi connectivity index (χ4n) is 3.31. The predicted molar refractivity (Wildman–Crippen MR) is 105 cm³/mol. The third kappa shape index (κ3) is 2.58. The van der Waals surface area contributed by atoms with Gasteiger partial charge in [0, 0.05) is 28.6 Å². The second-order valence-electron chi connectivity index (χ2n) is 6.24. The van der Waals surface area contributed by atoms with Crippen molar-refractivity contribution in [1.82, 2.24) is 0 Å². The number of ketones is 2. The van der Waals surface area contributed by atoms with Gasteiger partial charge in [-0.2, -0.15) is 0 Å². The molecule has 134 valence electrons. The average Bonchev–Trinajstić information content (AvgIpc) is 2.68. The lowest BCUT2D eigenvalue weighted by atomic mass is 9.82. The van der Waals surface area contributed by atoms with Gasteiger partial charge in [-0.05, 0) is 24.3 Å². The Kier molecular flexibility index (Phi) is 3.81. The van der Waals surface area contributed by atoms with Crippen LogP contribution in [-0.2, 0) is 0 Å². The molecule has 0 bridgehead atoms. The van der Waals surface area contributed by atoms with Crippen molar-refractivity contribution in [3.63, 3.8) is 0 Å². The number of carbonyl (C=O) groups excluding carboxylic acids is 2. The van der Waals surface area contributed by atoms with E-state index in [2.05, 4.69) is 5.32 Å². The quantitative estimate of drug-likeness (QED) is 0.484. The van der Waals surface area contributed by atoms with Gasteiger partial charge in [0.1, 0.15) is 5.75 Å². The Balaban J connectivity index is 1.89. The van der Waals surface area contributed by atoms with Gasteiger partial charge in [-0.15, -0.1) is 0 Å². The van der Waals surface area contributed by atoms with E-state index in [0.29, 0.717) is 33.9 Å². The summed E-state index contributed by atoms with van der Waals surface area (Å²) in [5.41, 5.74) is 15.0. The van der Waals surface area contributed by atoms with Crippen LogP contribution >= 0.6 is 0 Å². The predicted octanol–water partition coefficient (Wildman–Crippen LogP) is 3.38. The molecule has 0 spiro atoms. The number of ether oxygens (including phenoxy) is 1. The van der Waals surface area contributed by atoms with Crippen molar-refractivity contribution in [3.05, 3.63) is 76.9 Å². The second kappa shape index (κ2) is 6.17. The van der Waals surface area contributed by atoms with Gasteiger partial charge in [-0.3, -0.25) is 9.59 Å². The fraction of sp³-hybridized carbons (Fsp3) is 0.0476.